The van der Waals surface area contributed by atoms with E-state index in [4.69, 9.17) is 80.8 Å². The van der Waals surface area contributed by atoms with E-state index in [2.05, 4.69) is 16.0 Å². The molecule has 0 radical (unpaired) electrons. The lowest BCUT2D eigenvalue weighted by Crippen LogP contribution is -2.70. The molecule has 5 saturated heterocycles. The number of rotatable bonds is 34. The minimum atomic E-state index is -4.22. The Hall–Kier alpha value is -3.00. The molecule has 44 nitrogen and oxygen atoms in total. The summed E-state index contributed by atoms with van der Waals surface area (Å²) < 4.78 is 97.4. The van der Waals surface area contributed by atoms with Crippen molar-refractivity contribution in [3.63, 3.8) is 0 Å². The lowest BCUT2D eigenvalue weighted by molar-refractivity contribution is -0.373. The molecule has 102 heavy (non-hydrogen) atoms. The molecule has 0 aromatic carbocycles. The van der Waals surface area contributed by atoms with Crippen LogP contribution in [0.15, 0.2) is 0 Å². The highest BCUT2D eigenvalue weighted by atomic mass is 31.2. The number of nitrogens with one attached hydrogen (secondary N) is 3. The van der Waals surface area contributed by atoms with Crippen LogP contribution in [0.4, 0.5) is 4.79 Å². The number of ether oxygens (including phenoxy) is 15. The second kappa shape index (κ2) is 39.9. The largest absolute Gasteiger partial charge is 0.447 e. The summed E-state index contributed by atoms with van der Waals surface area (Å²) in [6.07, 6.45) is -61.4. The third kappa shape index (κ3) is 22.1. The molecule has 45 heteroatoms. The second-order valence-corrected chi connectivity index (χ2v) is 27.4. The summed E-state index contributed by atoms with van der Waals surface area (Å²) >= 11 is 0. The van der Waals surface area contributed by atoms with Crippen LogP contribution in [0, 0.1) is 11.8 Å². The molecule has 0 spiro atoms. The van der Waals surface area contributed by atoms with E-state index in [1.807, 2.05) is 0 Å². The normalized spacial score (nSPS) is 43.6. The fraction of sp³-hybridized carbons (Fsp3) is 0.947. The van der Waals surface area contributed by atoms with Gasteiger partial charge in [-0.2, -0.15) is 0 Å². The number of hydrogen-bond acceptors (Lipinski definition) is 39. The summed E-state index contributed by atoms with van der Waals surface area (Å²) in [6.45, 7) is -5.41. The summed E-state index contributed by atoms with van der Waals surface area (Å²) in [5.74, 6) is -3.93. The van der Waals surface area contributed by atoms with Gasteiger partial charge in [0, 0.05) is 45.4 Å². The van der Waals surface area contributed by atoms with E-state index in [1.54, 1.807) is 0 Å². The molecule has 7 rings (SSSR count). The number of alkyl carbamates (subject to hydrolysis) is 1. The third-order valence-electron chi connectivity index (χ3n) is 18.4. The van der Waals surface area contributed by atoms with Gasteiger partial charge in [0.1, 0.15) is 153 Å². The van der Waals surface area contributed by atoms with Gasteiger partial charge in [0.25, 0.3) is 0 Å². The van der Waals surface area contributed by atoms with Crippen LogP contribution in [0.2, 0.25) is 0 Å². The Balaban J connectivity index is 1.08. The maximum absolute atomic E-state index is 13.0. The lowest BCUT2D eigenvalue weighted by atomic mass is 9.81. The van der Waals surface area contributed by atoms with E-state index in [1.165, 1.54) is 0 Å². The monoisotopic (exact) mass is 1510 g/mol. The maximum atomic E-state index is 13.0. The van der Waals surface area contributed by atoms with Crippen molar-refractivity contribution in [1.82, 2.24) is 16.0 Å². The Kier molecular flexibility index (Phi) is 33.7. The molecule has 14 unspecified atom stereocenters. The molecule has 25 N–H and O–H groups in total. The van der Waals surface area contributed by atoms with Crippen LogP contribution in [0.5, 0.6) is 0 Å². The Bertz CT molecular complexity index is 2580. The summed E-state index contributed by atoms with van der Waals surface area (Å²) in [4.78, 5) is 55.6. The quantitative estimate of drug-likeness (QED) is 0.0210. The summed E-state index contributed by atoms with van der Waals surface area (Å²) in [7, 11) is -4.22. The first kappa shape index (κ1) is 86.2. The third-order valence-corrected chi connectivity index (χ3v) is 19.1. The van der Waals surface area contributed by atoms with Gasteiger partial charge in [-0.15, -0.1) is 0 Å². The van der Waals surface area contributed by atoms with Gasteiger partial charge >= 0.3 is 13.7 Å². The van der Waals surface area contributed by atoms with Crippen LogP contribution in [-0.4, -0.2) is 431 Å². The molecule has 35 atom stereocenters. The van der Waals surface area contributed by atoms with Crippen molar-refractivity contribution in [2.75, 3.05) is 98.6 Å². The zero-order valence-electron chi connectivity index (χ0n) is 55.3. The van der Waals surface area contributed by atoms with E-state index in [9.17, 15) is 121 Å². The van der Waals surface area contributed by atoms with Crippen molar-refractivity contribution >= 4 is 25.5 Å². The Morgan fingerprint density at radius 2 is 0.804 bits per heavy atom. The molecule has 7 aliphatic rings. The minimum absolute atomic E-state index is 0.00833. The number of hydrogen-bond donors (Lipinski definition) is 25. The summed E-state index contributed by atoms with van der Waals surface area (Å²) in [6, 6.07) is -3.38. The highest BCUT2D eigenvalue weighted by Crippen LogP contribution is 2.39. The van der Waals surface area contributed by atoms with Gasteiger partial charge in [-0.1, -0.05) is 0 Å². The number of aliphatic hydroxyl groups excluding tert-OH is 20. The van der Waals surface area contributed by atoms with Crippen LogP contribution in [-0.2, 0) is 85.2 Å². The van der Waals surface area contributed by atoms with Crippen LogP contribution in [0.25, 0.3) is 0 Å². The van der Waals surface area contributed by atoms with Gasteiger partial charge in [0.15, 0.2) is 31.5 Å². The van der Waals surface area contributed by atoms with E-state index < -0.39 is 298 Å². The molecule has 5 heterocycles. The topological polar surface area (TPSA) is 688 Å². The Labute approximate surface area is 581 Å². The molecule has 5 aliphatic heterocycles. The van der Waals surface area contributed by atoms with Gasteiger partial charge in [0.2, 0.25) is 11.8 Å². The molecule has 7 fully saturated rings. The molecule has 0 aromatic heterocycles. The zero-order valence-corrected chi connectivity index (χ0v) is 56.2. The van der Waals surface area contributed by atoms with Gasteiger partial charge in [0.05, 0.1) is 96.6 Å². The van der Waals surface area contributed by atoms with Gasteiger partial charge in [-0.25, -0.2) is 4.79 Å². The fourth-order valence-corrected chi connectivity index (χ4v) is 13.1. The molecule has 0 aromatic rings. The van der Waals surface area contributed by atoms with Gasteiger partial charge in [-0.05, 0) is 12.8 Å². The number of aliphatic hydroxyl groups is 20. The molecule has 594 valence electrons. The van der Waals surface area contributed by atoms with E-state index in [0.29, 0.717) is 0 Å². The van der Waals surface area contributed by atoms with Gasteiger partial charge < -0.3 is 199 Å². The SMILES string of the molecule is CC(=O)NC1[C@H](OCCNC(=O)OCCOCCOCCP(=O)(O)O)OC(CO)[C@@H](O[C@@H]2OC(CO)[C@@H](O[C@@H]3OC(CO[C@H]4OC(CO[C@H]5OC(CO)[C@@H](O)[C@H](O)C5O)[C@@H](O)[C@H](O[C@H]5C[C@@H](CO)[C@@H](O)C(O)C5O)C4O)[C@@H](O)[C@H](O[C@H]4C[C@@H](CO)[C@@H](O)C(O)C4O)C3O)[C@H](O)C2NC(C)=O)[C@@H]1O. The zero-order chi connectivity index (χ0) is 75.2. The first-order valence-electron chi connectivity index (χ1n) is 32.9. The highest BCUT2D eigenvalue weighted by Gasteiger charge is 2.58. The average Bonchev–Trinajstić information content (AvgIpc) is 0.773. The Morgan fingerprint density at radius 1 is 0.392 bits per heavy atom. The standard InChI is InChI=1S/C57H100N3O41P/c1-20(66)59-31-40(75)48(27(16-64)96-52(31)89-4-3-58-57(83)90-8-7-87-5-6-88-9-10-102(84,85)86)100-53-32(60-21(2)67)41(76)49(28(17-65)97-53)101-56-47(82)51(94-25-12-23(14-62)34(69)43(78)36(25)71)39(74)30(99-56)19-92-55-46(81)50(93-24-11-22(13-61)33(68)42(77)35(24)70)38(73)29(98-55)18-91-54-45(80)44(79)37(72)26(15-63)95-54/h22-56,61-65,68-82H,3-19H2,1-2H3,(H,58,83)(H,59,66)(H,60,67)(H2,84,85,86)/t22-,23-,24-,25-,26?,27?,28?,29?,30?,31?,32?,33+,34+,35?,36?,37+,38+,39+,40+,41+,42?,43?,44-,45?,46?,47?,48+,49+,50-,51-,52+,53-,54-,55-,56-/m0/s1. The molecule has 3 amide bonds. The van der Waals surface area contributed by atoms with Crippen molar-refractivity contribution in [2.45, 2.75) is 229 Å². The van der Waals surface area contributed by atoms with Gasteiger partial charge in [-0.3, -0.25) is 14.2 Å². The highest BCUT2D eigenvalue weighted by molar-refractivity contribution is 7.51. The maximum Gasteiger partial charge on any atom is 0.407 e. The second-order valence-electron chi connectivity index (χ2n) is 25.6. The molecule has 2 saturated carbocycles. The molecular weight excluding hydrogens is 1410 g/mol. The predicted octanol–water partition coefficient (Wildman–Crippen LogP) is -14.7. The van der Waals surface area contributed by atoms with E-state index in [-0.39, 0.29) is 52.6 Å². The Morgan fingerprint density at radius 3 is 1.28 bits per heavy atom. The predicted molar refractivity (Wildman–Crippen MR) is 323 cm³/mol. The first-order chi connectivity index (χ1) is 48.3. The number of carbonyl (C=O) groups excluding carboxylic acids is 3. The summed E-state index contributed by atoms with van der Waals surface area (Å²) in [5.41, 5.74) is 0. The molecule has 0 bridgehead atoms. The number of carbonyl (C=O) groups is 3. The van der Waals surface area contributed by atoms with Crippen molar-refractivity contribution in [1.29, 1.82) is 0 Å². The summed E-state index contributed by atoms with van der Waals surface area (Å²) in [5, 5.41) is 227. The van der Waals surface area contributed by atoms with Crippen LogP contribution in [0.3, 0.4) is 0 Å². The molecular formula is C57H100N3O41P. The van der Waals surface area contributed by atoms with Crippen LogP contribution < -0.4 is 16.0 Å². The number of amides is 3. The van der Waals surface area contributed by atoms with Crippen LogP contribution in [0.1, 0.15) is 26.7 Å². The lowest BCUT2D eigenvalue weighted by Gasteiger charge is -2.50. The van der Waals surface area contributed by atoms with E-state index >= 15 is 0 Å². The minimum Gasteiger partial charge on any atom is -0.447 e. The van der Waals surface area contributed by atoms with Crippen LogP contribution >= 0.6 is 7.60 Å². The first-order valence-corrected chi connectivity index (χ1v) is 34.7. The van der Waals surface area contributed by atoms with E-state index in [0.717, 1.165) is 13.8 Å². The van der Waals surface area contributed by atoms with Crippen molar-refractivity contribution in [3.8, 4) is 0 Å². The fourth-order valence-electron chi connectivity index (χ4n) is 12.7. The average molecular weight is 1510 g/mol. The van der Waals surface area contributed by atoms with Crippen molar-refractivity contribution < 1.29 is 202 Å². The smallest absolute Gasteiger partial charge is 0.407 e. The van der Waals surface area contributed by atoms with Crippen molar-refractivity contribution in [3.05, 3.63) is 0 Å². The van der Waals surface area contributed by atoms with Crippen molar-refractivity contribution in [2.24, 2.45) is 11.8 Å². The molecule has 2 aliphatic carbocycles.